The molecule has 0 saturated carbocycles. The molecule has 3 N–H and O–H groups in total. The van der Waals surface area contributed by atoms with Gasteiger partial charge in [-0.3, -0.25) is 0 Å². The van der Waals surface area contributed by atoms with Crippen LogP contribution >= 0.6 is 0 Å². The van der Waals surface area contributed by atoms with Crippen LogP contribution in [0, 0.1) is 0 Å². The van der Waals surface area contributed by atoms with E-state index in [1.165, 1.54) is 0 Å². The van der Waals surface area contributed by atoms with Crippen LogP contribution in [-0.2, 0) is 4.79 Å². The lowest BCUT2D eigenvalue weighted by Gasteiger charge is -2.16. The lowest BCUT2D eigenvalue weighted by atomic mass is 10.3. The number of carboxylic acid groups (broad SMARTS) is 1. The quantitative estimate of drug-likeness (QED) is 0.598. The monoisotopic (exact) mass is 174 g/mol. The summed E-state index contributed by atoms with van der Waals surface area (Å²) in [5, 5.41) is 7.60. The number of nitrogens with two attached hydrogens (primary N) is 1. The molecule has 0 radical (unpaired) electrons. The molecular formula is C8H18N2O2. The fraction of sp³-hybridized carbons (Fsp3) is 0.625. The third-order valence-electron chi connectivity index (χ3n) is 1.40. The fourth-order valence-electron chi connectivity index (χ4n) is 0.211. The molecule has 0 spiro atoms. The number of hydrogen-bond donors (Lipinski definition) is 2. The van der Waals surface area contributed by atoms with E-state index in [0.717, 1.165) is 12.6 Å². The van der Waals surface area contributed by atoms with Crippen LogP contribution in [0.25, 0.3) is 0 Å². The first-order valence-electron chi connectivity index (χ1n) is 3.67. The first-order chi connectivity index (χ1) is 5.45. The van der Waals surface area contributed by atoms with Crippen molar-refractivity contribution < 1.29 is 9.90 Å². The van der Waals surface area contributed by atoms with Crippen LogP contribution in [0.3, 0.4) is 0 Å². The fourth-order valence-corrected chi connectivity index (χ4v) is 0.211. The van der Waals surface area contributed by atoms with Gasteiger partial charge in [0.1, 0.15) is 0 Å². The molecule has 72 valence electrons. The molecule has 0 aromatic carbocycles. The SMILES string of the molecule is C=CC(=O)O.CC(CN)N(C)C. The molecule has 0 saturated heterocycles. The summed E-state index contributed by atoms with van der Waals surface area (Å²) in [6, 6.07) is 0.514. The normalized spacial score (nSPS) is 11.4. The van der Waals surface area contributed by atoms with Gasteiger partial charge in [-0.25, -0.2) is 4.79 Å². The molecule has 1 unspecified atom stereocenters. The number of carbonyl (C=O) groups is 1. The Bertz CT molecular complexity index is 135. The second-order valence-electron chi connectivity index (χ2n) is 2.59. The van der Waals surface area contributed by atoms with Gasteiger partial charge >= 0.3 is 5.97 Å². The van der Waals surface area contributed by atoms with Crippen molar-refractivity contribution in [1.82, 2.24) is 4.90 Å². The predicted molar refractivity (Wildman–Crippen MR) is 50.0 cm³/mol. The van der Waals surface area contributed by atoms with E-state index in [0.29, 0.717) is 6.04 Å². The molecule has 1 atom stereocenters. The number of aliphatic carboxylic acids is 1. The molecule has 0 rings (SSSR count). The zero-order chi connectivity index (χ0) is 10.1. The number of hydrogen-bond acceptors (Lipinski definition) is 3. The summed E-state index contributed by atoms with van der Waals surface area (Å²) in [4.78, 5) is 11.3. The van der Waals surface area contributed by atoms with Crippen molar-refractivity contribution in [2.75, 3.05) is 20.6 Å². The van der Waals surface area contributed by atoms with Crippen LogP contribution in [0.5, 0.6) is 0 Å². The smallest absolute Gasteiger partial charge is 0.327 e. The van der Waals surface area contributed by atoms with E-state index in [1.807, 2.05) is 14.1 Å². The van der Waals surface area contributed by atoms with Crippen molar-refractivity contribution in [3.8, 4) is 0 Å². The van der Waals surface area contributed by atoms with Gasteiger partial charge in [0.15, 0.2) is 0 Å². The van der Waals surface area contributed by atoms with Gasteiger partial charge in [-0.05, 0) is 21.0 Å². The summed E-state index contributed by atoms with van der Waals surface area (Å²) in [5.74, 6) is -0.981. The summed E-state index contributed by atoms with van der Waals surface area (Å²) in [6.07, 6.45) is 0.833. The lowest BCUT2D eigenvalue weighted by Crippen LogP contribution is -2.31. The highest BCUT2D eigenvalue weighted by atomic mass is 16.4. The largest absolute Gasteiger partial charge is 0.478 e. The summed E-state index contributed by atoms with van der Waals surface area (Å²) < 4.78 is 0. The van der Waals surface area contributed by atoms with Gasteiger partial charge < -0.3 is 15.7 Å². The van der Waals surface area contributed by atoms with Crippen molar-refractivity contribution in [1.29, 1.82) is 0 Å². The van der Waals surface area contributed by atoms with Crippen LogP contribution in [0.4, 0.5) is 0 Å². The van der Waals surface area contributed by atoms with E-state index in [-0.39, 0.29) is 0 Å². The van der Waals surface area contributed by atoms with Gasteiger partial charge in [0, 0.05) is 18.7 Å². The van der Waals surface area contributed by atoms with Crippen LogP contribution in [0.15, 0.2) is 12.7 Å². The maximum Gasteiger partial charge on any atom is 0.327 e. The minimum absolute atomic E-state index is 0.514. The average Bonchev–Trinajstić information content (AvgIpc) is 2.04. The topological polar surface area (TPSA) is 66.6 Å². The number of rotatable bonds is 3. The number of carboxylic acids is 1. The first kappa shape index (κ1) is 13.7. The Kier molecular flexibility index (Phi) is 9.40. The second kappa shape index (κ2) is 8.23. The Morgan fingerprint density at radius 2 is 2.08 bits per heavy atom. The van der Waals surface area contributed by atoms with Crippen molar-refractivity contribution in [3.63, 3.8) is 0 Å². The highest BCUT2D eigenvalue weighted by molar-refractivity contribution is 5.78. The van der Waals surface area contributed by atoms with Crippen LogP contribution in [-0.4, -0.2) is 42.7 Å². The molecule has 0 aliphatic carbocycles. The van der Waals surface area contributed by atoms with Gasteiger partial charge in [-0.1, -0.05) is 6.58 Å². The van der Waals surface area contributed by atoms with Crippen molar-refractivity contribution in [3.05, 3.63) is 12.7 Å². The highest BCUT2D eigenvalue weighted by Gasteiger charge is 1.97. The Balaban J connectivity index is 0. The van der Waals surface area contributed by atoms with Gasteiger partial charge in [0.2, 0.25) is 0 Å². The van der Waals surface area contributed by atoms with E-state index >= 15 is 0 Å². The summed E-state index contributed by atoms with van der Waals surface area (Å²) >= 11 is 0. The first-order valence-corrected chi connectivity index (χ1v) is 3.67. The molecule has 0 aromatic rings. The predicted octanol–water partition coefficient (Wildman–Crippen LogP) is 0.152. The van der Waals surface area contributed by atoms with E-state index in [1.54, 1.807) is 0 Å². The van der Waals surface area contributed by atoms with Gasteiger partial charge in [0.25, 0.3) is 0 Å². The number of nitrogens with zero attached hydrogens (tertiary/aromatic N) is 1. The van der Waals surface area contributed by atoms with Crippen molar-refractivity contribution in [2.24, 2.45) is 5.73 Å². The van der Waals surface area contributed by atoms with Gasteiger partial charge in [0.05, 0.1) is 0 Å². The van der Waals surface area contributed by atoms with E-state index in [2.05, 4.69) is 18.4 Å². The number of likely N-dealkylation sites (N-methyl/N-ethyl adjacent to an activating group) is 1. The maximum atomic E-state index is 9.25. The molecule has 0 amide bonds. The van der Waals surface area contributed by atoms with E-state index in [4.69, 9.17) is 10.8 Å². The van der Waals surface area contributed by atoms with Crippen LogP contribution in [0.2, 0.25) is 0 Å². The Labute approximate surface area is 73.7 Å². The summed E-state index contributed by atoms with van der Waals surface area (Å²) in [7, 11) is 4.05. The molecule has 0 heterocycles. The second-order valence-corrected chi connectivity index (χ2v) is 2.59. The van der Waals surface area contributed by atoms with E-state index < -0.39 is 5.97 Å². The Hall–Kier alpha value is -0.870. The molecule has 12 heavy (non-hydrogen) atoms. The van der Waals surface area contributed by atoms with Crippen LogP contribution < -0.4 is 5.73 Å². The molecule has 0 fully saturated rings. The average molecular weight is 174 g/mol. The molecule has 0 aromatic heterocycles. The zero-order valence-electron chi connectivity index (χ0n) is 7.95. The summed E-state index contributed by atoms with van der Waals surface area (Å²) in [6.45, 7) is 5.80. The molecule has 0 aliphatic heterocycles. The minimum atomic E-state index is -0.981. The van der Waals surface area contributed by atoms with E-state index in [9.17, 15) is 4.79 Å². The minimum Gasteiger partial charge on any atom is -0.478 e. The van der Waals surface area contributed by atoms with Gasteiger partial charge in [-0.15, -0.1) is 0 Å². The molecular weight excluding hydrogens is 156 g/mol. The van der Waals surface area contributed by atoms with Crippen molar-refractivity contribution >= 4 is 5.97 Å². The Morgan fingerprint density at radius 1 is 1.75 bits per heavy atom. The molecule has 0 bridgehead atoms. The molecule has 0 aliphatic rings. The highest BCUT2D eigenvalue weighted by Crippen LogP contribution is 1.84. The summed E-state index contributed by atoms with van der Waals surface area (Å²) in [5.41, 5.74) is 5.33. The third-order valence-corrected chi connectivity index (χ3v) is 1.40. The molecule has 4 heteroatoms. The maximum absolute atomic E-state index is 9.25. The standard InChI is InChI=1S/C5H14N2.C3H4O2/c1-5(4-6)7(2)3;1-2-3(4)5/h5H,4,6H2,1-3H3;2H,1H2,(H,4,5). The molecule has 4 nitrogen and oxygen atoms in total. The van der Waals surface area contributed by atoms with Gasteiger partial charge in [-0.2, -0.15) is 0 Å². The lowest BCUT2D eigenvalue weighted by molar-refractivity contribution is -0.131. The van der Waals surface area contributed by atoms with Crippen molar-refractivity contribution in [2.45, 2.75) is 13.0 Å². The third kappa shape index (κ3) is 11.9. The Morgan fingerprint density at radius 3 is 2.08 bits per heavy atom. The zero-order valence-corrected chi connectivity index (χ0v) is 7.95. The van der Waals surface area contributed by atoms with Crippen LogP contribution in [0.1, 0.15) is 6.92 Å².